The number of anilines is 1. The van der Waals surface area contributed by atoms with Crippen molar-refractivity contribution in [3.8, 4) is 0 Å². The zero-order valence-electron chi connectivity index (χ0n) is 17.9. The highest BCUT2D eigenvalue weighted by atomic mass is 35.5. The Labute approximate surface area is 197 Å². The van der Waals surface area contributed by atoms with E-state index >= 15 is 0 Å². The number of sulfonamides is 1. The molecule has 0 aliphatic carbocycles. The Kier molecular flexibility index (Phi) is 7.48. The minimum atomic E-state index is -3.73. The van der Waals surface area contributed by atoms with Crippen LogP contribution in [0, 0.1) is 0 Å². The van der Waals surface area contributed by atoms with Crippen molar-refractivity contribution < 1.29 is 17.9 Å². The lowest BCUT2D eigenvalue weighted by atomic mass is 10.0. The topological polar surface area (TPSA) is 91.8 Å². The van der Waals surface area contributed by atoms with E-state index in [-0.39, 0.29) is 28.6 Å². The van der Waals surface area contributed by atoms with E-state index in [0.29, 0.717) is 24.4 Å². The highest BCUT2D eigenvalue weighted by Crippen LogP contribution is 2.27. The van der Waals surface area contributed by atoms with Gasteiger partial charge in [0.2, 0.25) is 10.0 Å². The number of hydrogen-bond donors (Lipinski definition) is 1. The van der Waals surface area contributed by atoms with Gasteiger partial charge in [-0.1, -0.05) is 18.0 Å². The molecular weight excluding hydrogens is 472 g/mol. The molecule has 174 valence electrons. The molecule has 2 aromatic rings. The molecule has 0 bridgehead atoms. The number of morpholine rings is 1. The number of ether oxygens (including phenoxy) is 1. The van der Waals surface area contributed by atoms with Gasteiger partial charge in [-0.25, -0.2) is 13.4 Å². The Morgan fingerprint density at radius 3 is 2.81 bits per heavy atom. The molecule has 11 heteroatoms. The van der Waals surface area contributed by atoms with Crippen molar-refractivity contribution in [2.75, 3.05) is 38.2 Å². The van der Waals surface area contributed by atoms with Crippen molar-refractivity contribution in [2.24, 2.45) is 0 Å². The molecule has 3 heterocycles. The molecular formula is C21H27ClN4O4S2. The summed E-state index contributed by atoms with van der Waals surface area (Å²) in [5, 5.41) is 3.41. The van der Waals surface area contributed by atoms with Gasteiger partial charge >= 0.3 is 0 Å². The molecule has 1 N–H and O–H groups in total. The fourth-order valence-electron chi connectivity index (χ4n) is 3.97. The minimum absolute atomic E-state index is 0.0351. The van der Waals surface area contributed by atoms with Gasteiger partial charge < -0.3 is 4.74 Å². The monoisotopic (exact) mass is 498 g/mol. The minimum Gasteiger partial charge on any atom is -0.379 e. The fraction of sp³-hybridized carbons (Fsp3) is 0.524. The van der Waals surface area contributed by atoms with Gasteiger partial charge in [-0.3, -0.25) is 15.0 Å². The molecule has 1 aromatic carbocycles. The lowest BCUT2D eigenvalue weighted by Crippen LogP contribution is -2.40. The lowest BCUT2D eigenvalue weighted by molar-refractivity contribution is 0.0730. The van der Waals surface area contributed by atoms with Gasteiger partial charge in [-0.2, -0.15) is 4.31 Å². The molecule has 1 amide bonds. The third-order valence-electron chi connectivity index (χ3n) is 5.86. The number of piperidine rings is 1. The number of hydrogen-bond acceptors (Lipinski definition) is 7. The molecule has 1 aromatic heterocycles. The third kappa shape index (κ3) is 5.32. The summed E-state index contributed by atoms with van der Waals surface area (Å²) in [4.78, 5) is 20.7. The van der Waals surface area contributed by atoms with Crippen LogP contribution >= 0.6 is 22.9 Å². The fourth-order valence-corrected chi connectivity index (χ4v) is 6.44. The Hall–Kier alpha value is -1.56. The maximum absolute atomic E-state index is 12.9. The third-order valence-corrected chi connectivity index (χ3v) is 8.99. The van der Waals surface area contributed by atoms with E-state index in [0.717, 1.165) is 18.0 Å². The summed E-state index contributed by atoms with van der Waals surface area (Å²) >= 11 is 7.65. The van der Waals surface area contributed by atoms with E-state index in [4.69, 9.17) is 16.3 Å². The molecule has 0 saturated carbocycles. The van der Waals surface area contributed by atoms with Crippen molar-refractivity contribution in [1.29, 1.82) is 0 Å². The first-order chi connectivity index (χ1) is 15.3. The number of nitrogens with one attached hydrogen (secondary N) is 1. The second kappa shape index (κ2) is 10.1. The van der Waals surface area contributed by atoms with Crippen LogP contribution in [0.3, 0.4) is 0 Å². The Morgan fingerprint density at radius 2 is 2.06 bits per heavy atom. The number of halogens is 1. The first-order valence-corrected chi connectivity index (χ1v) is 13.4. The molecule has 0 spiro atoms. The first-order valence-electron chi connectivity index (χ1n) is 10.7. The van der Waals surface area contributed by atoms with E-state index in [1.54, 1.807) is 6.20 Å². The molecule has 32 heavy (non-hydrogen) atoms. The van der Waals surface area contributed by atoms with Gasteiger partial charge in [0.25, 0.3) is 5.91 Å². The van der Waals surface area contributed by atoms with Gasteiger partial charge in [-0.05, 0) is 44.5 Å². The van der Waals surface area contributed by atoms with Crippen LogP contribution in [0.4, 0.5) is 5.13 Å². The average molecular weight is 499 g/mol. The quantitative estimate of drug-likeness (QED) is 0.656. The van der Waals surface area contributed by atoms with E-state index in [2.05, 4.69) is 22.1 Å². The zero-order valence-corrected chi connectivity index (χ0v) is 20.3. The summed E-state index contributed by atoms with van der Waals surface area (Å²) < 4.78 is 32.5. The number of amides is 1. The van der Waals surface area contributed by atoms with E-state index < -0.39 is 15.9 Å². The summed E-state index contributed by atoms with van der Waals surface area (Å²) in [6.45, 7) is 5.38. The van der Waals surface area contributed by atoms with Crippen LogP contribution in [0.15, 0.2) is 29.3 Å². The van der Waals surface area contributed by atoms with Crippen LogP contribution in [0.25, 0.3) is 0 Å². The molecule has 0 radical (unpaired) electrons. The van der Waals surface area contributed by atoms with E-state index in [9.17, 15) is 13.2 Å². The van der Waals surface area contributed by atoms with Crippen LogP contribution in [-0.4, -0.2) is 67.4 Å². The SMILES string of the molecule is CC1CCCCN1Cc1cnc(NC(=O)c2cc(S(=O)(=O)N3CCOCC3)ccc2Cl)s1. The summed E-state index contributed by atoms with van der Waals surface area (Å²) in [6, 6.07) is 4.73. The summed E-state index contributed by atoms with van der Waals surface area (Å²) in [5.74, 6) is -0.485. The zero-order chi connectivity index (χ0) is 22.7. The highest BCUT2D eigenvalue weighted by Gasteiger charge is 2.28. The number of nitrogens with zero attached hydrogens (tertiary/aromatic N) is 3. The first kappa shape index (κ1) is 23.6. The van der Waals surface area contributed by atoms with Crippen LogP contribution in [0.5, 0.6) is 0 Å². The molecule has 2 aliphatic heterocycles. The number of rotatable bonds is 6. The predicted molar refractivity (Wildman–Crippen MR) is 125 cm³/mol. The van der Waals surface area contributed by atoms with Crippen molar-refractivity contribution in [2.45, 2.75) is 43.7 Å². The summed E-state index contributed by atoms with van der Waals surface area (Å²) in [6.07, 6.45) is 5.45. The highest BCUT2D eigenvalue weighted by molar-refractivity contribution is 7.89. The van der Waals surface area contributed by atoms with Crippen molar-refractivity contribution in [1.82, 2.24) is 14.2 Å². The van der Waals surface area contributed by atoms with Crippen molar-refractivity contribution >= 4 is 44.0 Å². The smallest absolute Gasteiger partial charge is 0.259 e. The number of carbonyl (C=O) groups excluding carboxylic acids is 1. The summed E-state index contributed by atoms with van der Waals surface area (Å²) in [7, 11) is -3.73. The van der Waals surface area contributed by atoms with Gasteiger partial charge in [0.15, 0.2) is 5.13 Å². The summed E-state index contributed by atoms with van der Waals surface area (Å²) in [5.41, 5.74) is 0.0994. The molecule has 2 saturated heterocycles. The standard InChI is InChI=1S/C21H27ClN4O4S2/c1-15-4-2-3-7-25(15)14-16-13-23-21(31-16)24-20(27)18-12-17(5-6-19(18)22)32(28,29)26-8-10-30-11-9-26/h5-6,12-13,15H,2-4,7-11,14H2,1H3,(H,23,24,27). The van der Waals surface area contributed by atoms with Gasteiger partial charge in [0, 0.05) is 36.8 Å². The molecule has 8 nitrogen and oxygen atoms in total. The van der Waals surface area contributed by atoms with Crippen LogP contribution in [0.2, 0.25) is 5.02 Å². The molecule has 1 atom stereocenters. The number of carbonyl (C=O) groups is 1. The number of benzene rings is 1. The van der Waals surface area contributed by atoms with Crippen molar-refractivity contribution in [3.05, 3.63) is 39.9 Å². The Balaban J connectivity index is 1.46. The Bertz CT molecular complexity index is 1070. The molecule has 4 rings (SSSR count). The van der Waals surface area contributed by atoms with Gasteiger partial charge in [0.1, 0.15) is 0 Å². The van der Waals surface area contributed by atoms with Gasteiger partial charge in [0.05, 0.1) is 28.7 Å². The number of aromatic nitrogens is 1. The van der Waals surface area contributed by atoms with E-state index in [1.165, 1.54) is 53.1 Å². The van der Waals surface area contributed by atoms with E-state index in [1.807, 2.05) is 0 Å². The predicted octanol–water partition coefficient (Wildman–Crippen LogP) is 3.44. The van der Waals surface area contributed by atoms with Crippen LogP contribution < -0.4 is 5.32 Å². The van der Waals surface area contributed by atoms with Crippen LogP contribution in [-0.2, 0) is 21.3 Å². The second-order valence-electron chi connectivity index (χ2n) is 8.06. The van der Waals surface area contributed by atoms with Gasteiger partial charge in [-0.15, -0.1) is 11.3 Å². The largest absolute Gasteiger partial charge is 0.379 e. The molecule has 1 unspecified atom stereocenters. The Morgan fingerprint density at radius 1 is 1.28 bits per heavy atom. The second-order valence-corrected chi connectivity index (χ2v) is 11.5. The van der Waals surface area contributed by atoms with Crippen LogP contribution in [0.1, 0.15) is 41.4 Å². The normalized spacial score (nSPS) is 20.9. The number of likely N-dealkylation sites (tertiary alicyclic amines) is 1. The molecule has 2 aliphatic rings. The molecule has 2 fully saturated rings. The lowest BCUT2D eigenvalue weighted by Gasteiger charge is -2.32. The number of thiazole rings is 1. The van der Waals surface area contributed by atoms with Crippen molar-refractivity contribution in [3.63, 3.8) is 0 Å². The maximum atomic E-state index is 12.9. The maximum Gasteiger partial charge on any atom is 0.259 e. The average Bonchev–Trinajstić information content (AvgIpc) is 3.22.